The zero-order chi connectivity index (χ0) is 24.7. The van der Waals surface area contributed by atoms with E-state index in [0.717, 1.165) is 24.0 Å². The molecule has 0 bridgehead atoms. The lowest BCUT2D eigenvalue weighted by Gasteiger charge is -2.29. The van der Waals surface area contributed by atoms with Crippen molar-refractivity contribution in [2.75, 3.05) is 19.0 Å². The van der Waals surface area contributed by atoms with Gasteiger partial charge in [0.05, 0.1) is 17.9 Å². The molecule has 1 saturated carbocycles. The molecule has 10 nitrogen and oxygen atoms in total. The zero-order valence-corrected chi connectivity index (χ0v) is 20.7. The Kier molecular flexibility index (Phi) is 6.06. The van der Waals surface area contributed by atoms with Crippen LogP contribution in [0.4, 0.5) is 5.82 Å². The van der Waals surface area contributed by atoms with Gasteiger partial charge < -0.3 is 14.6 Å². The highest BCUT2D eigenvalue weighted by atomic mass is 32.2. The van der Waals surface area contributed by atoms with E-state index in [9.17, 15) is 13.2 Å². The van der Waals surface area contributed by atoms with Crippen molar-refractivity contribution in [2.45, 2.75) is 50.9 Å². The summed E-state index contributed by atoms with van der Waals surface area (Å²) in [4.78, 5) is 17.8. The van der Waals surface area contributed by atoms with Gasteiger partial charge in [-0.25, -0.2) is 13.4 Å². The number of rotatable bonds is 7. The Balaban J connectivity index is 1.41. The molecule has 3 aromatic rings. The smallest absolute Gasteiger partial charge is 0.260 e. The summed E-state index contributed by atoms with van der Waals surface area (Å²) in [5.74, 6) is 1.03. The lowest BCUT2D eigenvalue weighted by Crippen LogP contribution is -2.38. The molecule has 1 aliphatic carbocycles. The van der Waals surface area contributed by atoms with Crippen molar-refractivity contribution in [2.24, 2.45) is 0 Å². The number of fused-ring (bicyclic) bond motifs is 1. The number of sulfonamides is 1. The Bertz CT molecular complexity index is 1380. The maximum absolute atomic E-state index is 13.3. The van der Waals surface area contributed by atoms with Crippen molar-refractivity contribution >= 4 is 21.7 Å². The van der Waals surface area contributed by atoms with E-state index in [4.69, 9.17) is 4.74 Å². The average Bonchev–Trinajstić information content (AvgIpc) is 3.60. The molecule has 2 aromatic heterocycles. The van der Waals surface area contributed by atoms with E-state index in [1.807, 2.05) is 30.5 Å². The summed E-state index contributed by atoms with van der Waals surface area (Å²) in [5, 5.41) is 10.7. The van der Waals surface area contributed by atoms with Crippen LogP contribution in [0.2, 0.25) is 0 Å². The quantitative estimate of drug-likeness (QED) is 0.534. The lowest BCUT2D eigenvalue weighted by molar-refractivity contribution is 0.102. The van der Waals surface area contributed by atoms with Gasteiger partial charge in [0.1, 0.15) is 23.6 Å². The second-order valence-corrected chi connectivity index (χ2v) is 11.4. The first-order valence-electron chi connectivity index (χ1n) is 11.6. The van der Waals surface area contributed by atoms with Crippen LogP contribution in [0.25, 0.3) is 11.5 Å². The molecule has 11 heteroatoms. The van der Waals surface area contributed by atoms with Crippen LogP contribution in [0.1, 0.15) is 54.2 Å². The van der Waals surface area contributed by atoms with E-state index >= 15 is 0 Å². The van der Waals surface area contributed by atoms with Gasteiger partial charge in [0.15, 0.2) is 5.82 Å². The van der Waals surface area contributed by atoms with Crippen LogP contribution in [-0.4, -0.2) is 57.3 Å². The molecular formula is C24H28N6O4S. The maximum Gasteiger partial charge on any atom is 0.260 e. The van der Waals surface area contributed by atoms with Gasteiger partial charge in [-0.15, -0.1) is 10.2 Å². The standard InChI is InChI=1S/C24H28N6O4S/c1-15(2)30-14-25-28-23(30)20-5-4-6-22(26-20)27-24(31)19-11-17-13-29(35(32,33)18-7-8-18)10-9-16(17)12-21(19)34-3/h4-6,11-12,14-15,18H,7-10,13H2,1-3H3,(H,26,27,31). The van der Waals surface area contributed by atoms with Crippen LogP contribution in [-0.2, 0) is 23.0 Å². The molecule has 0 radical (unpaired) electrons. The minimum Gasteiger partial charge on any atom is -0.496 e. The first-order chi connectivity index (χ1) is 16.8. The molecule has 184 valence electrons. The molecule has 0 saturated heterocycles. The van der Waals surface area contributed by atoms with Crippen molar-refractivity contribution in [3.8, 4) is 17.3 Å². The second-order valence-electron chi connectivity index (χ2n) is 9.17. The molecule has 35 heavy (non-hydrogen) atoms. The number of nitrogens with one attached hydrogen (secondary N) is 1. The highest BCUT2D eigenvalue weighted by Crippen LogP contribution is 2.35. The Hall–Kier alpha value is -3.31. The van der Waals surface area contributed by atoms with Crippen LogP contribution in [0.15, 0.2) is 36.7 Å². The minimum atomic E-state index is -3.29. The summed E-state index contributed by atoms with van der Waals surface area (Å²) >= 11 is 0. The maximum atomic E-state index is 13.3. The highest BCUT2D eigenvalue weighted by molar-refractivity contribution is 7.90. The molecule has 2 aliphatic rings. The third-order valence-corrected chi connectivity index (χ3v) is 8.74. The van der Waals surface area contributed by atoms with Gasteiger partial charge in [0.2, 0.25) is 10.0 Å². The number of methoxy groups -OCH3 is 1. The number of benzene rings is 1. The molecule has 1 aromatic carbocycles. The van der Waals surface area contributed by atoms with Crippen molar-refractivity contribution in [1.29, 1.82) is 0 Å². The second kappa shape index (κ2) is 9.04. The molecule has 3 heterocycles. The van der Waals surface area contributed by atoms with Crippen LogP contribution in [0.5, 0.6) is 5.75 Å². The number of ether oxygens (including phenoxy) is 1. The van der Waals surface area contributed by atoms with Crippen molar-refractivity contribution in [1.82, 2.24) is 24.1 Å². The Morgan fingerprint density at radius 1 is 1.20 bits per heavy atom. The fourth-order valence-corrected chi connectivity index (χ4v) is 6.14. The SMILES string of the molecule is COc1cc2c(cc1C(=O)Nc1cccc(-c3nncn3C(C)C)n1)CN(S(=O)(=O)C1CC1)CC2. The van der Waals surface area contributed by atoms with E-state index in [1.54, 1.807) is 24.5 Å². The molecule has 0 atom stereocenters. The number of pyridine rings is 1. The van der Waals surface area contributed by atoms with Gasteiger partial charge in [-0.05, 0) is 68.5 Å². The van der Waals surface area contributed by atoms with E-state index in [0.29, 0.717) is 41.6 Å². The molecule has 0 unspecified atom stereocenters. The van der Waals surface area contributed by atoms with Crippen LogP contribution >= 0.6 is 0 Å². The van der Waals surface area contributed by atoms with E-state index < -0.39 is 10.0 Å². The van der Waals surface area contributed by atoms with Crippen molar-refractivity contribution in [3.05, 3.63) is 53.3 Å². The topological polar surface area (TPSA) is 119 Å². The third kappa shape index (κ3) is 4.53. The number of aromatic nitrogens is 4. The van der Waals surface area contributed by atoms with Crippen molar-refractivity contribution in [3.63, 3.8) is 0 Å². The molecule has 0 spiro atoms. The highest BCUT2D eigenvalue weighted by Gasteiger charge is 2.41. The van der Waals surface area contributed by atoms with Gasteiger partial charge in [-0.3, -0.25) is 4.79 Å². The Morgan fingerprint density at radius 3 is 2.71 bits per heavy atom. The molecular weight excluding hydrogens is 468 g/mol. The average molecular weight is 497 g/mol. The fourth-order valence-electron chi connectivity index (χ4n) is 4.32. The van der Waals surface area contributed by atoms with E-state index in [2.05, 4.69) is 20.5 Å². The third-order valence-electron chi connectivity index (χ3n) is 6.40. The number of hydrogen-bond acceptors (Lipinski definition) is 7. The molecule has 1 aliphatic heterocycles. The van der Waals surface area contributed by atoms with Crippen LogP contribution < -0.4 is 10.1 Å². The Morgan fingerprint density at radius 2 is 2.00 bits per heavy atom. The minimum absolute atomic E-state index is 0.156. The molecule has 1 amide bonds. The predicted octanol–water partition coefficient (Wildman–Crippen LogP) is 3.03. The summed E-state index contributed by atoms with van der Waals surface area (Å²) < 4.78 is 34.4. The predicted molar refractivity (Wildman–Crippen MR) is 131 cm³/mol. The van der Waals surface area contributed by atoms with Crippen molar-refractivity contribution < 1.29 is 17.9 Å². The first-order valence-corrected chi connectivity index (χ1v) is 13.1. The molecule has 5 rings (SSSR count). The fraction of sp³-hybridized carbons (Fsp3) is 0.417. The largest absolute Gasteiger partial charge is 0.496 e. The van der Waals surface area contributed by atoms with Gasteiger partial charge in [0, 0.05) is 19.1 Å². The summed E-state index contributed by atoms with van der Waals surface area (Å²) in [7, 11) is -1.77. The molecule has 1 fully saturated rings. The monoisotopic (exact) mass is 496 g/mol. The number of carbonyl (C=O) groups excluding carboxylic acids is 1. The normalized spacial score (nSPS) is 16.2. The van der Waals surface area contributed by atoms with Gasteiger partial charge >= 0.3 is 0 Å². The number of amides is 1. The first kappa shape index (κ1) is 23.4. The number of hydrogen-bond donors (Lipinski definition) is 1. The summed E-state index contributed by atoms with van der Waals surface area (Å²) in [6, 6.07) is 9.03. The van der Waals surface area contributed by atoms with Gasteiger partial charge in [-0.2, -0.15) is 4.31 Å². The zero-order valence-electron chi connectivity index (χ0n) is 19.9. The number of anilines is 1. The molecule has 1 N–H and O–H groups in total. The van der Waals surface area contributed by atoms with E-state index in [1.165, 1.54) is 11.4 Å². The van der Waals surface area contributed by atoms with Crippen LogP contribution in [0.3, 0.4) is 0 Å². The van der Waals surface area contributed by atoms with Crippen LogP contribution in [0, 0.1) is 0 Å². The summed E-state index contributed by atoms with van der Waals surface area (Å²) in [5.41, 5.74) is 2.73. The van der Waals surface area contributed by atoms with E-state index in [-0.39, 0.29) is 23.7 Å². The number of nitrogens with zero attached hydrogens (tertiary/aromatic N) is 5. The number of carbonyl (C=O) groups is 1. The summed E-state index contributed by atoms with van der Waals surface area (Å²) in [6.07, 6.45) is 3.68. The van der Waals surface area contributed by atoms with Gasteiger partial charge in [0.25, 0.3) is 5.91 Å². The Labute approximate surface area is 204 Å². The lowest BCUT2D eigenvalue weighted by atomic mass is 9.97. The van der Waals surface area contributed by atoms with Gasteiger partial charge in [-0.1, -0.05) is 6.07 Å². The summed E-state index contributed by atoms with van der Waals surface area (Å²) in [6.45, 7) is 4.75.